The maximum atomic E-state index is 12.0. The van der Waals surface area contributed by atoms with E-state index in [1.54, 1.807) is 30.3 Å². The summed E-state index contributed by atoms with van der Waals surface area (Å²) in [6.45, 7) is 3.87. The van der Waals surface area contributed by atoms with Crippen molar-refractivity contribution in [3.63, 3.8) is 0 Å². The Morgan fingerprint density at radius 2 is 1.71 bits per heavy atom. The van der Waals surface area contributed by atoms with Crippen molar-refractivity contribution in [1.29, 1.82) is 0 Å². The molecule has 2 rings (SSSR count). The van der Waals surface area contributed by atoms with Crippen LogP contribution in [-0.4, -0.2) is 29.6 Å². The van der Waals surface area contributed by atoms with Crippen LogP contribution in [0.3, 0.4) is 0 Å². The Hall–Kier alpha value is -2.83. The molecule has 7 heteroatoms. The van der Waals surface area contributed by atoms with E-state index in [0.29, 0.717) is 30.8 Å². The number of benzene rings is 1. The molecular formula is C17H21N3O4. The number of hydrogen-bond donors (Lipinski definition) is 4. The number of urea groups is 1. The van der Waals surface area contributed by atoms with Gasteiger partial charge in [-0.2, -0.15) is 0 Å². The maximum Gasteiger partial charge on any atom is 0.319 e. The third kappa shape index (κ3) is 4.34. The Labute approximate surface area is 140 Å². The number of carbonyl (C=O) groups excluding carboxylic acids is 2. The first kappa shape index (κ1) is 17.5. The van der Waals surface area contributed by atoms with Crippen molar-refractivity contribution in [2.24, 2.45) is 5.41 Å². The van der Waals surface area contributed by atoms with Crippen LogP contribution < -0.4 is 16.0 Å². The second-order valence-corrected chi connectivity index (χ2v) is 5.87. The van der Waals surface area contributed by atoms with Crippen LogP contribution in [0.4, 0.5) is 16.2 Å². The number of carboxylic acid groups (broad SMARTS) is 1. The lowest BCUT2D eigenvalue weighted by atomic mass is 9.66. The van der Waals surface area contributed by atoms with Crippen molar-refractivity contribution in [3.8, 4) is 0 Å². The van der Waals surface area contributed by atoms with E-state index in [2.05, 4.69) is 22.5 Å². The van der Waals surface area contributed by atoms with Crippen LogP contribution in [0.25, 0.3) is 0 Å². The van der Waals surface area contributed by atoms with Gasteiger partial charge in [0.1, 0.15) is 0 Å². The van der Waals surface area contributed by atoms with E-state index < -0.39 is 11.4 Å². The lowest BCUT2D eigenvalue weighted by molar-refractivity contribution is -0.157. The predicted molar refractivity (Wildman–Crippen MR) is 90.8 cm³/mol. The highest BCUT2D eigenvalue weighted by molar-refractivity contribution is 5.95. The van der Waals surface area contributed by atoms with E-state index >= 15 is 0 Å². The Balaban J connectivity index is 1.87. The van der Waals surface area contributed by atoms with Crippen LogP contribution in [0, 0.1) is 5.41 Å². The average molecular weight is 331 g/mol. The minimum absolute atomic E-state index is 0.0215. The zero-order valence-electron chi connectivity index (χ0n) is 13.3. The maximum absolute atomic E-state index is 12.0. The van der Waals surface area contributed by atoms with Crippen molar-refractivity contribution in [1.82, 2.24) is 5.32 Å². The van der Waals surface area contributed by atoms with Gasteiger partial charge in [0.25, 0.3) is 0 Å². The van der Waals surface area contributed by atoms with Crippen LogP contribution in [-0.2, 0) is 9.59 Å². The summed E-state index contributed by atoms with van der Waals surface area (Å²) < 4.78 is 0. The first-order chi connectivity index (χ1) is 11.4. The zero-order chi connectivity index (χ0) is 17.6. The summed E-state index contributed by atoms with van der Waals surface area (Å²) in [5.41, 5.74) is 0.224. The van der Waals surface area contributed by atoms with E-state index in [0.717, 1.165) is 6.42 Å². The molecule has 1 saturated carbocycles. The standard InChI is InChI=1S/C17H21N3O4/c1-2-10-18-16(24)20-13-6-4-12(5-7-13)19-14(21)11-17(15(22)23)8-3-9-17/h2,4-7H,1,3,8-11H2,(H,19,21)(H,22,23)(H2,18,20,24). The van der Waals surface area contributed by atoms with E-state index in [9.17, 15) is 19.5 Å². The molecule has 1 aliphatic rings. The summed E-state index contributed by atoms with van der Waals surface area (Å²) in [6.07, 6.45) is 3.47. The minimum Gasteiger partial charge on any atom is -0.481 e. The third-order valence-corrected chi connectivity index (χ3v) is 4.10. The Morgan fingerprint density at radius 1 is 1.12 bits per heavy atom. The third-order valence-electron chi connectivity index (χ3n) is 4.10. The molecule has 0 aliphatic heterocycles. The molecule has 0 spiro atoms. The van der Waals surface area contributed by atoms with E-state index in [1.807, 2.05) is 0 Å². The van der Waals surface area contributed by atoms with Crippen molar-refractivity contribution in [2.45, 2.75) is 25.7 Å². The summed E-state index contributed by atoms with van der Waals surface area (Å²) in [5.74, 6) is -1.23. The molecule has 0 bridgehead atoms. The average Bonchev–Trinajstić information content (AvgIpc) is 2.50. The smallest absolute Gasteiger partial charge is 0.319 e. The number of carboxylic acids is 1. The number of hydrogen-bond acceptors (Lipinski definition) is 3. The fraction of sp³-hybridized carbons (Fsp3) is 0.353. The summed E-state index contributed by atoms with van der Waals surface area (Å²) in [6, 6.07) is 6.25. The molecule has 0 radical (unpaired) electrons. The van der Waals surface area contributed by atoms with E-state index in [4.69, 9.17) is 0 Å². The van der Waals surface area contributed by atoms with Crippen LogP contribution in [0.15, 0.2) is 36.9 Å². The van der Waals surface area contributed by atoms with Crippen LogP contribution in [0.5, 0.6) is 0 Å². The van der Waals surface area contributed by atoms with E-state index in [-0.39, 0.29) is 18.4 Å². The fourth-order valence-corrected chi connectivity index (χ4v) is 2.56. The van der Waals surface area contributed by atoms with Crippen LogP contribution in [0.1, 0.15) is 25.7 Å². The molecule has 1 aliphatic carbocycles. The number of carbonyl (C=O) groups is 3. The molecule has 1 aromatic carbocycles. The molecule has 24 heavy (non-hydrogen) atoms. The molecule has 4 N–H and O–H groups in total. The first-order valence-electron chi connectivity index (χ1n) is 7.74. The number of anilines is 2. The van der Waals surface area contributed by atoms with Gasteiger partial charge >= 0.3 is 12.0 Å². The SMILES string of the molecule is C=CCNC(=O)Nc1ccc(NC(=O)CC2(C(=O)O)CCC2)cc1. The van der Waals surface area contributed by atoms with Gasteiger partial charge in [0.05, 0.1) is 5.41 Å². The van der Waals surface area contributed by atoms with Gasteiger partial charge in [-0.3, -0.25) is 9.59 Å². The highest BCUT2D eigenvalue weighted by Gasteiger charge is 2.45. The van der Waals surface area contributed by atoms with Gasteiger partial charge in [0.2, 0.25) is 5.91 Å². The van der Waals surface area contributed by atoms with Gasteiger partial charge < -0.3 is 21.1 Å². The van der Waals surface area contributed by atoms with Crippen molar-refractivity contribution < 1.29 is 19.5 Å². The van der Waals surface area contributed by atoms with Crippen molar-refractivity contribution >= 4 is 29.3 Å². The molecule has 0 unspecified atom stereocenters. The van der Waals surface area contributed by atoms with Gasteiger partial charge in [-0.15, -0.1) is 6.58 Å². The monoisotopic (exact) mass is 331 g/mol. The molecule has 0 atom stereocenters. The predicted octanol–water partition coefficient (Wildman–Crippen LogP) is 2.58. The number of rotatable bonds is 7. The molecular weight excluding hydrogens is 310 g/mol. The number of aliphatic carboxylic acids is 1. The van der Waals surface area contributed by atoms with Gasteiger partial charge in [-0.05, 0) is 37.1 Å². The summed E-state index contributed by atoms with van der Waals surface area (Å²) >= 11 is 0. The Bertz CT molecular complexity index is 636. The lowest BCUT2D eigenvalue weighted by Gasteiger charge is -2.36. The second kappa shape index (κ2) is 7.63. The normalized spacial score (nSPS) is 14.8. The van der Waals surface area contributed by atoms with Gasteiger partial charge in [0, 0.05) is 24.3 Å². The fourth-order valence-electron chi connectivity index (χ4n) is 2.56. The van der Waals surface area contributed by atoms with Crippen molar-refractivity contribution in [3.05, 3.63) is 36.9 Å². The van der Waals surface area contributed by atoms with Gasteiger partial charge in [0.15, 0.2) is 0 Å². The molecule has 3 amide bonds. The Kier molecular flexibility index (Phi) is 5.57. The molecule has 0 heterocycles. The molecule has 7 nitrogen and oxygen atoms in total. The molecule has 0 saturated heterocycles. The highest BCUT2D eigenvalue weighted by atomic mass is 16.4. The molecule has 1 fully saturated rings. The van der Waals surface area contributed by atoms with Crippen LogP contribution >= 0.6 is 0 Å². The van der Waals surface area contributed by atoms with Gasteiger partial charge in [-0.1, -0.05) is 12.5 Å². The highest BCUT2D eigenvalue weighted by Crippen LogP contribution is 2.44. The second-order valence-electron chi connectivity index (χ2n) is 5.87. The van der Waals surface area contributed by atoms with Crippen LogP contribution in [0.2, 0.25) is 0 Å². The topological polar surface area (TPSA) is 108 Å². The van der Waals surface area contributed by atoms with Gasteiger partial charge in [-0.25, -0.2) is 4.79 Å². The quantitative estimate of drug-likeness (QED) is 0.576. The number of amides is 3. The summed E-state index contributed by atoms with van der Waals surface area (Å²) in [5, 5.41) is 17.2. The van der Waals surface area contributed by atoms with E-state index in [1.165, 1.54) is 0 Å². The Morgan fingerprint density at radius 3 is 2.17 bits per heavy atom. The molecule has 128 valence electrons. The summed E-state index contributed by atoms with van der Waals surface area (Å²) in [4.78, 5) is 34.8. The summed E-state index contributed by atoms with van der Waals surface area (Å²) in [7, 11) is 0. The van der Waals surface area contributed by atoms with Crippen molar-refractivity contribution in [2.75, 3.05) is 17.2 Å². The number of nitrogens with one attached hydrogen (secondary N) is 3. The molecule has 0 aromatic heterocycles. The first-order valence-corrected chi connectivity index (χ1v) is 7.74. The minimum atomic E-state index is -0.908. The largest absolute Gasteiger partial charge is 0.481 e. The lowest BCUT2D eigenvalue weighted by Crippen LogP contribution is -2.41. The zero-order valence-corrected chi connectivity index (χ0v) is 13.3. The molecule has 1 aromatic rings.